The molecule has 17 heavy (non-hydrogen) atoms. The fraction of sp³-hybridized carbons (Fsp3) is 0.538. The summed E-state index contributed by atoms with van der Waals surface area (Å²) in [4.78, 5) is 19.9. The first-order valence-electron chi connectivity index (χ1n) is 6.13. The number of nitrogens with zero attached hydrogens (tertiary/aromatic N) is 3. The molecule has 1 aromatic rings. The molecule has 0 aliphatic carbocycles. The van der Waals surface area contributed by atoms with Crippen molar-refractivity contribution in [3.8, 4) is 0 Å². The summed E-state index contributed by atoms with van der Waals surface area (Å²) >= 11 is 0. The number of pyridine rings is 1. The number of hydrogen-bond acceptors (Lipinski definition) is 4. The highest BCUT2D eigenvalue weighted by atomic mass is 16.1. The Labute approximate surface area is 102 Å². The first-order chi connectivity index (χ1) is 8.25. The molecule has 0 amide bonds. The van der Waals surface area contributed by atoms with Crippen molar-refractivity contribution in [1.29, 1.82) is 0 Å². The summed E-state index contributed by atoms with van der Waals surface area (Å²) in [6.07, 6.45) is 2.50. The van der Waals surface area contributed by atoms with E-state index in [4.69, 9.17) is 0 Å². The summed E-state index contributed by atoms with van der Waals surface area (Å²) in [6.45, 7) is 6.58. The molecule has 2 rings (SSSR count). The lowest BCUT2D eigenvalue weighted by Gasteiger charge is -2.35. The predicted molar refractivity (Wildman–Crippen MR) is 68.2 cm³/mol. The number of ketones is 1. The molecule has 2 heterocycles. The van der Waals surface area contributed by atoms with Crippen LogP contribution in [0.25, 0.3) is 0 Å². The Bertz CT molecular complexity index is 358. The van der Waals surface area contributed by atoms with E-state index in [0.717, 1.165) is 38.5 Å². The second-order valence-corrected chi connectivity index (χ2v) is 4.47. The molecule has 0 N–H and O–H groups in total. The zero-order chi connectivity index (χ0) is 12.1. The molecule has 4 heteroatoms. The van der Waals surface area contributed by atoms with Crippen molar-refractivity contribution in [3.05, 3.63) is 24.4 Å². The van der Waals surface area contributed by atoms with Crippen LogP contribution in [-0.2, 0) is 4.79 Å². The van der Waals surface area contributed by atoms with Crippen molar-refractivity contribution >= 4 is 11.6 Å². The summed E-state index contributed by atoms with van der Waals surface area (Å²) in [5.41, 5.74) is 0. The average Bonchev–Trinajstić information content (AvgIpc) is 2.38. The smallest absolute Gasteiger partial charge is 0.131 e. The first kappa shape index (κ1) is 12.0. The van der Waals surface area contributed by atoms with Gasteiger partial charge in [-0.2, -0.15) is 0 Å². The fourth-order valence-electron chi connectivity index (χ4n) is 2.06. The summed E-state index contributed by atoms with van der Waals surface area (Å²) < 4.78 is 0. The monoisotopic (exact) mass is 233 g/mol. The third-order valence-electron chi connectivity index (χ3n) is 3.13. The van der Waals surface area contributed by atoms with E-state index in [2.05, 4.69) is 14.8 Å². The molecule has 1 aromatic heterocycles. The van der Waals surface area contributed by atoms with Crippen LogP contribution in [0, 0.1) is 0 Å². The summed E-state index contributed by atoms with van der Waals surface area (Å²) in [6, 6.07) is 6.00. The number of rotatable bonds is 4. The molecule has 0 radical (unpaired) electrons. The van der Waals surface area contributed by atoms with Gasteiger partial charge in [0.05, 0.1) is 0 Å². The van der Waals surface area contributed by atoms with Gasteiger partial charge < -0.3 is 4.90 Å². The SMILES string of the molecule is CC(=O)CCN1CCN(c2ccccn2)CC1. The number of piperazine rings is 1. The molecule has 1 saturated heterocycles. The van der Waals surface area contributed by atoms with E-state index in [0.29, 0.717) is 6.42 Å². The highest BCUT2D eigenvalue weighted by Gasteiger charge is 2.17. The van der Waals surface area contributed by atoms with Crippen LogP contribution in [0.5, 0.6) is 0 Å². The molecular formula is C13H19N3O. The third kappa shape index (κ3) is 3.53. The summed E-state index contributed by atoms with van der Waals surface area (Å²) in [5, 5.41) is 0. The van der Waals surface area contributed by atoms with E-state index in [9.17, 15) is 4.79 Å². The molecule has 92 valence electrons. The lowest BCUT2D eigenvalue weighted by molar-refractivity contribution is -0.117. The predicted octanol–water partition coefficient (Wildman–Crippen LogP) is 1.18. The van der Waals surface area contributed by atoms with Crippen LogP contribution in [0.15, 0.2) is 24.4 Å². The van der Waals surface area contributed by atoms with E-state index in [1.807, 2.05) is 24.4 Å². The van der Waals surface area contributed by atoms with Gasteiger partial charge in [0, 0.05) is 45.3 Å². The summed E-state index contributed by atoms with van der Waals surface area (Å²) in [5.74, 6) is 1.33. The van der Waals surface area contributed by atoms with Crippen molar-refractivity contribution in [2.24, 2.45) is 0 Å². The van der Waals surface area contributed by atoms with Crippen LogP contribution in [0.1, 0.15) is 13.3 Å². The van der Waals surface area contributed by atoms with E-state index >= 15 is 0 Å². The van der Waals surface area contributed by atoms with Crippen molar-refractivity contribution in [2.45, 2.75) is 13.3 Å². The number of hydrogen-bond donors (Lipinski definition) is 0. The lowest BCUT2D eigenvalue weighted by Crippen LogP contribution is -2.47. The van der Waals surface area contributed by atoms with Crippen LogP contribution in [-0.4, -0.2) is 48.4 Å². The normalized spacial score (nSPS) is 17.1. The van der Waals surface area contributed by atoms with Crippen LogP contribution >= 0.6 is 0 Å². The molecule has 0 spiro atoms. The van der Waals surface area contributed by atoms with Crippen molar-refractivity contribution in [3.63, 3.8) is 0 Å². The van der Waals surface area contributed by atoms with Crippen molar-refractivity contribution in [1.82, 2.24) is 9.88 Å². The van der Waals surface area contributed by atoms with E-state index in [1.165, 1.54) is 0 Å². The van der Waals surface area contributed by atoms with Gasteiger partial charge in [0.1, 0.15) is 11.6 Å². The second-order valence-electron chi connectivity index (χ2n) is 4.47. The van der Waals surface area contributed by atoms with E-state index in [1.54, 1.807) is 6.92 Å². The van der Waals surface area contributed by atoms with Crippen LogP contribution in [0.4, 0.5) is 5.82 Å². The Balaban J connectivity index is 1.80. The lowest BCUT2D eigenvalue weighted by atomic mass is 10.2. The topological polar surface area (TPSA) is 36.4 Å². The van der Waals surface area contributed by atoms with Crippen LogP contribution in [0.3, 0.4) is 0 Å². The fourth-order valence-corrected chi connectivity index (χ4v) is 2.06. The molecule has 0 unspecified atom stereocenters. The molecule has 1 fully saturated rings. The second kappa shape index (κ2) is 5.77. The minimum atomic E-state index is 0.275. The Hall–Kier alpha value is -1.42. The van der Waals surface area contributed by atoms with Gasteiger partial charge in [-0.1, -0.05) is 6.07 Å². The van der Waals surface area contributed by atoms with Crippen molar-refractivity contribution in [2.75, 3.05) is 37.6 Å². The number of Topliss-reactive ketones (excluding diaryl/α,β-unsaturated/α-hetero) is 1. The van der Waals surface area contributed by atoms with Gasteiger partial charge in [-0.25, -0.2) is 4.98 Å². The highest BCUT2D eigenvalue weighted by Crippen LogP contribution is 2.12. The Morgan fingerprint density at radius 2 is 2.06 bits per heavy atom. The number of anilines is 1. The molecule has 1 aliphatic heterocycles. The largest absolute Gasteiger partial charge is 0.354 e. The van der Waals surface area contributed by atoms with Gasteiger partial charge in [-0.15, -0.1) is 0 Å². The minimum Gasteiger partial charge on any atom is -0.354 e. The zero-order valence-corrected chi connectivity index (χ0v) is 10.3. The highest BCUT2D eigenvalue weighted by molar-refractivity contribution is 5.75. The van der Waals surface area contributed by atoms with Crippen molar-refractivity contribution < 1.29 is 4.79 Å². The van der Waals surface area contributed by atoms with Gasteiger partial charge in [0.15, 0.2) is 0 Å². The maximum Gasteiger partial charge on any atom is 0.131 e. The van der Waals surface area contributed by atoms with Gasteiger partial charge in [-0.3, -0.25) is 9.69 Å². The Morgan fingerprint density at radius 1 is 1.29 bits per heavy atom. The quantitative estimate of drug-likeness (QED) is 0.782. The maximum atomic E-state index is 10.9. The number of carbonyl (C=O) groups is 1. The van der Waals surface area contributed by atoms with Gasteiger partial charge in [-0.05, 0) is 19.1 Å². The maximum absolute atomic E-state index is 10.9. The number of aromatic nitrogens is 1. The van der Waals surface area contributed by atoms with E-state index < -0.39 is 0 Å². The molecule has 4 nitrogen and oxygen atoms in total. The van der Waals surface area contributed by atoms with Gasteiger partial charge >= 0.3 is 0 Å². The molecule has 0 bridgehead atoms. The van der Waals surface area contributed by atoms with Gasteiger partial charge in [0.2, 0.25) is 0 Å². The third-order valence-corrected chi connectivity index (χ3v) is 3.13. The Kier molecular flexibility index (Phi) is 4.09. The zero-order valence-electron chi connectivity index (χ0n) is 10.3. The first-order valence-corrected chi connectivity index (χ1v) is 6.13. The van der Waals surface area contributed by atoms with Crippen LogP contribution < -0.4 is 4.90 Å². The average molecular weight is 233 g/mol. The molecular weight excluding hydrogens is 214 g/mol. The number of carbonyl (C=O) groups excluding carboxylic acids is 1. The molecule has 0 aromatic carbocycles. The molecule has 0 saturated carbocycles. The molecule has 0 atom stereocenters. The molecule has 1 aliphatic rings. The minimum absolute atomic E-state index is 0.275. The van der Waals surface area contributed by atoms with Gasteiger partial charge in [0.25, 0.3) is 0 Å². The summed E-state index contributed by atoms with van der Waals surface area (Å²) in [7, 11) is 0. The Morgan fingerprint density at radius 3 is 2.65 bits per heavy atom. The standard InChI is InChI=1S/C13H19N3O/c1-12(17)5-7-15-8-10-16(11-9-15)13-4-2-3-6-14-13/h2-4,6H,5,7-11H2,1H3. The van der Waals surface area contributed by atoms with E-state index in [-0.39, 0.29) is 5.78 Å². The van der Waals surface area contributed by atoms with Crippen LogP contribution in [0.2, 0.25) is 0 Å².